The van der Waals surface area contributed by atoms with Gasteiger partial charge in [0, 0.05) is 39.5 Å². The summed E-state index contributed by atoms with van der Waals surface area (Å²) in [6.45, 7) is 0. The minimum Gasteiger partial charge on any atom is -0.504 e. The first kappa shape index (κ1) is 13.9. The predicted octanol–water partition coefficient (Wildman–Crippen LogP) is 3.55. The van der Waals surface area contributed by atoms with E-state index in [1.807, 2.05) is 30.5 Å². The number of para-hydroxylation sites is 2. The number of fused-ring (bicyclic) bond motifs is 2. The molecule has 6 nitrogen and oxygen atoms in total. The van der Waals surface area contributed by atoms with Gasteiger partial charge in [-0.25, -0.2) is 0 Å². The van der Waals surface area contributed by atoms with Crippen molar-refractivity contribution in [3.63, 3.8) is 0 Å². The summed E-state index contributed by atoms with van der Waals surface area (Å²) in [6.07, 6.45) is 3.63. The summed E-state index contributed by atoms with van der Waals surface area (Å²) in [7, 11) is 0. The van der Waals surface area contributed by atoms with Crippen LogP contribution in [0.15, 0.2) is 54.9 Å². The molecule has 1 atom stereocenters. The van der Waals surface area contributed by atoms with Crippen molar-refractivity contribution in [1.82, 2.24) is 15.2 Å². The molecule has 5 rings (SSSR count). The van der Waals surface area contributed by atoms with E-state index in [2.05, 4.69) is 20.5 Å². The Morgan fingerprint density at radius 1 is 0.920 bits per heavy atom. The standard InChI is InChI=1S/C19H14N4O2/c24-15-7-3-5-11(18(15)25)17-13-8-20-19-16(13)12(9-21-23-19)10-4-1-2-6-14(10)22-17/h1-9,17,22,24-25H,(H,20,23). The topological polar surface area (TPSA) is 94.1 Å². The molecule has 2 aromatic carbocycles. The van der Waals surface area contributed by atoms with E-state index < -0.39 is 0 Å². The van der Waals surface area contributed by atoms with E-state index in [0.717, 1.165) is 27.8 Å². The highest BCUT2D eigenvalue weighted by molar-refractivity contribution is 6.00. The van der Waals surface area contributed by atoms with Gasteiger partial charge >= 0.3 is 0 Å². The molecule has 6 heteroatoms. The fourth-order valence-electron chi connectivity index (χ4n) is 3.53. The number of H-pyrrole nitrogens is 1. The Kier molecular flexibility index (Phi) is 2.76. The highest BCUT2D eigenvalue weighted by Gasteiger charge is 2.28. The minimum atomic E-state index is -0.340. The maximum atomic E-state index is 10.4. The zero-order valence-electron chi connectivity index (χ0n) is 13.1. The molecule has 4 aromatic rings. The third-order valence-electron chi connectivity index (χ3n) is 4.69. The average Bonchev–Trinajstić information content (AvgIpc) is 3.00. The molecule has 1 unspecified atom stereocenters. The monoisotopic (exact) mass is 330 g/mol. The Morgan fingerprint density at radius 2 is 1.80 bits per heavy atom. The molecule has 0 fully saturated rings. The van der Waals surface area contributed by atoms with Crippen LogP contribution in [-0.4, -0.2) is 25.4 Å². The highest BCUT2D eigenvalue weighted by Crippen LogP contribution is 2.45. The average molecular weight is 330 g/mol. The number of benzene rings is 2. The van der Waals surface area contributed by atoms with Crippen LogP contribution in [0.1, 0.15) is 17.2 Å². The van der Waals surface area contributed by atoms with Gasteiger partial charge in [-0.15, -0.1) is 5.10 Å². The molecule has 0 aliphatic carbocycles. The zero-order valence-corrected chi connectivity index (χ0v) is 13.1. The molecule has 0 amide bonds. The van der Waals surface area contributed by atoms with Gasteiger partial charge in [0.25, 0.3) is 0 Å². The molecular weight excluding hydrogens is 316 g/mol. The molecule has 4 N–H and O–H groups in total. The van der Waals surface area contributed by atoms with Gasteiger partial charge in [0.2, 0.25) is 0 Å². The third-order valence-corrected chi connectivity index (χ3v) is 4.69. The lowest BCUT2D eigenvalue weighted by atomic mass is 9.96. The summed E-state index contributed by atoms with van der Waals surface area (Å²) < 4.78 is 0. The second-order valence-corrected chi connectivity index (χ2v) is 6.06. The first-order valence-electron chi connectivity index (χ1n) is 7.93. The Morgan fingerprint density at radius 3 is 2.72 bits per heavy atom. The number of nitrogens with zero attached hydrogens (tertiary/aromatic N) is 2. The summed E-state index contributed by atoms with van der Waals surface area (Å²) >= 11 is 0. The quantitative estimate of drug-likeness (QED) is 0.400. The van der Waals surface area contributed by atoms with Gasteiger partial charge in [-0.2, -0.15) is 5.10 Å². The second kappa shape index (κ2) is 4.98. The van der Waals surface area contributed by atoms with E-state index in [1.54, 1.807) is 18.3 Å². The maximum absolute atomic E-state index is 10.4. The first-order chi connectivity index (χ1) is 12.2. The molecule has 2 aromatic heterocycles. The molecule has 0 spiro atoms. The molecule has 0 bridgehead atoms. The van der Waals surface area contributed by atoms with Crippen LogP contribution in [0, 0.1) is 0 Å². The Hall–Kier alpha value is -3.54. The fourth-order valence-corrected chi connectivity index (χ4v) is 3.53. The van der Waals surface area contributed by atoms with Crippen LogP contribution in [0.4, 0.5) is 5.69 Å². The largest absolute Gasteiger partial charge is 0.504 e. The van der Waals surface area contributed by atoms with Crippen LogP contribution >= 0.6 is 0 Å². The molecule has 3 heterocycles. The normalized spacial score (nSPS) is 15.4. The van der Waals surface area contributed by atoms with E-state index in [4.69, 9.17) is 0 Å². The third kappa shape index (κ3) is 1.91. The van der Waals surface area contributed by atoms with Crippen molar-refractivity contribution < 1.29 is 10.2 Å². The number of aromatic amines is 1. The Balaban J connectivity index is 1.86. The Bertz CT molecular complexity index is 1120. The number of hydrogen-bond donors (Lipinski definition) is 4. The van der Waals surface area contributed by atoms with Gasteiger partial charge in [-0.3, -0.25) is 0 Å². The van der Waals surface area contributed by atoms with Gasteiger partial charge in [-0.05, 0) is 12.1 Å². The van der Waals surface area contributed by atoms with Crippen molar-refractivity contribution in [1.29, 1.82) is 0 Å². The van der Waals surface area contributed by atoms with Crippen LogP contribution in [0.5, 0.6) is 11.5 Å². The molecule has 25 heavy (non-hydrogen) atoms. The lowest BCUT2D eigenvalue weighted by Gasteiger charge is -2.20. The van der Waals surface area contributed by atoms with Crippen molar-refractivity contribution in [2.24, 2.45) is 0 Å². The van der Waals surface area contributed by atoms with Gasteiger partial charge in [0.05, 0.1) is 12.2 Å². The van der Waals surface area contributed by atoms with Gasteiger partial charge in [0.15, 0.2) is 17.1 Å². The van der Waals surface area contributed by atoms with Crippen molar-refractivity contribution in [3.8, 4) is 22.6 Å². The van der Waals surface area contributed by atoms with Gasteiger partial charge in [-0.1, -0.05) is 30.3 Å². The zero-order chi connectivity index (χ0) is 17.0. The summed E-state index contributed by atoms with van der Waals surface area (Å²) in [6, 6.07) is 12.6. The summed E-state index contributed by atoms with van der Waals surface area (Å²) in [5.41, 5.74) is 5.16. The molecule has 1 aliphatic rings. The fraction of sp³-hybridized carbons (Fsp3) is 0.0526. The summed E-state index contributed by atoms with van der Waals surface area (Å²) in [5, 5.41) is 33.1. The minimum absolute atomic E-state index is 0.128. The van der Waals surface area contributed by atoms with Gasteiger partial charge < -0.3 is 20.5 Å². The Labute approximate surface area is 142 Å². The van der Waals surface area contributed by atoms with Crippen LogP contribution in [-0.2, 0) is 0 Å². The van der Waals surface area contributed by atoms with E-state index in [9.17, 15) is 10.2 Å². The highest BCUT2D eigenvalue weighted by atomic mass is 16.3. The van der Waals surface area contributed by atoms with E-state index >= 15 is 0 Å². The van der Waals surface area contributed by atoms with Crippen LogP contribution in [0.2, 0.25) is 0 Å². The first-order valence-corrected chi connectivity index (χ1v) is 7.93. The van der Waals surface area contributed by atoms with Crippen LogP contribution < -0.4 is 5.32 Å². The molecule has 0 saturated heterocycles. The van der Waals surface area contributed by atoms with Crippen molar-refractivity contribution >= 4 is 16.7 Å². The number of anilines is 1. The number of nitrogens with one attached hydrogen (secondary N) is 2. The smallest absolute Gasteiger partial charge is 0.163 e. The lowest BCUT2D eigenvalue weighted by Crippen LogP contribution is -2.11. The molecule has 1 aliphatic heterocycles. The number of hydrogen-bond acceptors (Lipinski definition) is 5. The molecule has 0 radical (unpaired) electrons. The van der Waals surface area contributed by atoms with E-state index in [0.29, 0.717) is 11.2 Å². The summed E-state index contributed by atoms with van der Waals surface area (Å²) in [5.74, 6) is -0.269. The van der Waals surface area contributed by atoms with E-state index in [1.165, 1.54) is 6.07 Å². The molecule has 122 valence electrons. The number of phenolic OH excluding ortho intramolecular Hbond substituents is 2. The van der Waals surface area contributed by atoms with Crippen LogP contribution in [0.3, 0.4) is 0 Å². The van der Waals surface area contributed by atoms with Gasteiger partial charge in [0.1, 0.15) is 0 Å². The number of rotatable bonds is 1. The van der Waals surface area contributed by atoms with Crippen molar-refractivity contribution in [2.45, 2.75) is 6.04 Å². The van der Waals surface area contributed by atoms with Crippen LogP contribution in [0.25, 0.3) is 22.2 Å². The van der Waals surface area contributed by atoms with Crippen molar-refractivity contribution in [3.05, 3.63) is 66.0 Å². The molecule has 0 saturated carbocycles. The number of aromatic nitrogens is 3. The second-order valence-electron chi connectivity index (χ2n) is 6.06. The van der Waals surface area contributed by atoms with Crippen molar-refractivity contribution in [2.75, 3.05) is 5.32 Å². The maximum Gasteiger partial charge on any atom is 0.163 e. The number of aromatic hydroxyl groups is 2. The number of phenols is 2. The van der Waals surface area contributed by atoms with E-state index in [-0.39, 0.29) is 17.5 Å². The molecular formula is C19H14N4O2. The SMILES string of the molecule is Oc1cccc(C2Nc3ccccc3-c3cnnc4[nH]cc2c34)c1O. The predicted molar refractivity (Wildman–Crippen MR) is 94.6 cm³/mol. The summed E-state index contributed by atoms with van der Waals surface area (Å²) in [4.78, 5) is 3.15. The lowest BCUT2D eigenvalue weighted by molar-refractivity contribution is 0.398.